The van der Waals surface area contributed by atoms with Gasteiger partial charge >= 0.3 is 5.97 Å². The van der Waals surface area contributed by atoms with Crippen molar-refractivity contribution < 1.29 is 14.7 Å². The molecule has 0 saturated heterocycles. The summed E-state index contributed by atoms with van der Waals surface area (Å²) >= 11 is 0. The third-order valence-electron chi connectivity index (χ3n) is 5.31. The molecule has 1 aromatic carbocycles. The maximum Gasteiger partial charge on any atom is 0.356 e. The number of nitrogens with one attached hydrogen (secondary N) is 1. The van der Waals surface area contributed by atoms with E-state index in [4.69, 9.17) is 0 Å². The lowest BCUT2D eigenvalue weighted by Crippen LogP contribution is -2.36. The van der Waals surface area contributed by atoms with Gasteiger partial charge < -0.3 is 10.0 Å². The van der Waals surface area contributed by atoms with Gasteiger partial charge in [0.25, 0.3) is 5.91 Å². The highest BCUT2D eigenvalue weighted by Gasteiger charge is 2.30. The Morgan fingerprint density at radius 2 is 1.93 bits per heavy atom. The molecule has 0 fully saturated rings. The number of aromatic amines is 1. The van der Waals surface area contributed by atoms with Crippen molar-refractivity contribution in [1.82, 2.24) is 29.9 Å². The number of pyridine rings is 1. The van der Waals surface area contributed by atoms with Crippen LogP contribution in [0.1, 0.15) is 37.8 Å². The third kappa shape index (κ3) is 3.00. The molecule has 0 atom stereocenters. The molecule has 2 N–H and O–H groups in total. The quantitative estimate of drug-likeness (QED) is 0.540. The van der Waals surface area contributed by atoms with Crippen LogP contribution in [0.5, 0.6) is 0 Å². The number of benzene rings is 1. The molecule has 0 unspecified atom stereocenters. The number of aromatic carboxylic acids is 1. The standard InChI is InChI=1S/C21H18N6O3/c28-20(26-10-8-14-16(12-26)23-24-18(14)21(29)30)17-15-7-4-9-22-19(15)27(25-17)11-13-5-2-1-3-6-13/h1-7,9H,8,10-12H2,(H,23,24)(H,29,30). The van der Waals surface area contributed by atoms with E-state index in [-0.39, 0.29) is 18.1 Å². The molecule has 9 heteroatoms. The van der Waals surface area contributed by atoms with Gasteiger partial charge in [0.15, 0.2) is 17.0 Å². The van der Waals surface area contributed by atoms with E-state index in [1.54, 1.807) is 21.8 Å². The van der Waals surface area contributed by atoms with E-state index < -0.39 is 5.97 Å². The molecular weight excluding hydrogens is 384 g/mol. The molecule has 1 aliphatic heterocycles. The minimum atomic E-state index is -1.07. The second-order valence-corrected chi connectivity index (χ2v) is 7.18. The number of aromatic nitrogens is 5. The molecule has 5 rings (SSSR count). The Morgan fingerprint density at radius 3 is 2.73 bits per heavy atom. The Labute approximate surface area is 171 Å². The van der Waals surface area contributed by atoms with E-state index in [0.29, 0.717) is 47.5 Å². The molecular formula is C21H18N6O3. The number of fused-ring (bicyclic) bond motifs is 2. The number of amides is 1. The number of carboxylic acid groups (broad SMARTS) is 1. The van der Waals surface area contributed by atoms with E-state index in [1.807, 2.05) is 36.4 Å². The number of rotatable bonds is 4. The second kappa shape index (κ2) is 7.11. The van der Waals surface area contributed by atoms with E-state index >= 15 is 0 Å². The monoisotopic (exact) mass is 402 g/mol. The van der Waals surface area contributed by atoms with E-state index in [2.05, 4.69) is 20.3 Å². The van der Waals surface area contributed by atoms with Crippen LogP contribution >= 0.6 is 0 Å². The van der Waals surface area contributed by atoms with Crippen molar-refractivity contribution in [2.24, 2.45) is 0 Å². The first kappa shape index (κ1) is 18.0. The van der Waals surface area contributed by atoms with Gasteiger partial charge in [-0.2, -0.15) is 10.2 Å². The van der Waals surface area contributed by atoms with E-state index in [9.17, 15) is 14.7 Å². The maximum atomic E-state index is 13.3. The highest BCUT2D eigenvalue weighted by atomic mass is 16.4. The molecule has 0 bridgehead atoms. The molecule has 30 heavy (non-hydrogen) atoms. The lowest BCUT2D eigenvalue weighted by molar-refractivity contribution is 0.0689. The number of hydrogen-bond acceptors (Lipinski definition) is 5. The van der Waals surface area contributed by atoms with Crippen LogP contribution in [0.15, 0.2) is 48.7 Å². The van der Waals surface area contributed by atoms with Crippen molar-refractivity contribution in [2.45, 2.75) is 19.5 Å². The third-order valence-corrected chi connectivity index (χ3v) is 5.31. The van der Waals surface area contributed by atoms with Gasteiger partial charge in [0.1, 0.15) is 0 Å². The Morgan fingerprint density at radius 1 is 1.10 bits per heavy atom. The summed E-state index contributed by atoms with van der Waals surface area (Å²) in [6.45, 7) is 1.18. The number of carboxylic acids is 1. The van der Waals surface area contributed by atoms with Gasteiger partial charge in [-0.25, -0.2) is 14.5 Å². The van der Waals surface area contributed by atoms with Crippen molar-refractivity contribution in [3.8, 4) is 0 Å². The molecule has 4 aromatic rings. The largest absolute Gasteiger partial charge is 0.476 e. The van der Waals surface area contributed by atoms with Crippen molar-refractivity contribution >= 4 is 22.9 Å². The van der Waals surface area contributed by atoms with Crippen LogP contribution in [0.2, 0.25) is 0 Å². The minimum absolute atomic E-state index is 0.0267. The first-order valence-electron chi connectivity index (χ1n) is 9.56. The van der Waals surface area contributed by atoms with Crippen LogP contribution in [-0.4, -0.2) is 53.4 Å². The Balaban J connectivity index is 1.47. The number of carbonyl (C=O) groups excluding carboxylic acids is 1. The SMILES string of the molecule is O=C(O)c1n[nH]c2c1CCN(C(=O)c1nn(Cc3ccccc3)c3ncccc13)C2. The van der Waals surface area contributed by atoms with Crippen LogP contribution < -0.4 is 0 Å². The Kier molecular flexibility index (Phi) is 4.27. The van der Waals surface area contributed by atoms with Gasteiger partial charge in [-0.05, 0) is 24.1 Å². The first-order valence-corrected chi connectivity index (χ1v) is 9.56. The predicted molar refractivity (Wildman–Crippen MR) is 107 cm³/mol. The summed E-state index contributed by atoms with van der Waals surface area (Å²) in [7, 11) is 0. The smallest absolute Gasteiger partial charge is 0.356 e. The lowest BCUT2D eigenvalue weighted by Gasteiger charge is -2.26. The molecule has 9 nitrogen and oxygen atoms in total. The summed E-state index contributed by atoms with van der Waals surface area (Å²) in [5.74, 6) is -1.28. The van der Waals surface area contributed by atoms with Gasteiger partial charge in [-0.15, -0.1) is 0 Å². The van der Waals surface area contributed by atoms with Gasteiger partial charge in [0, 0.05) is 18.3 Å². The maximum absolute atomic E-state index is 13.3. The van der Waals surface area contributed by atoms with Crippen molar-refractivity contribution in [1.29, 1.82) is 0 Å². The van der Waals surface area contributed by atoms with Crippen LogP contribution in [0.3, 0.4) is 0 Å². The molecule has 3 aromatic heterocycles. The first-order chi connectivity index (χ1) is 14.6. The normalized spacial score (nSPS) is 13.4. The highest BCUT2D eigenvalue weighted by Crippen LogP contribution is 2.24. The summed E-state index contributed by atoms with van der Waals surface area (Å²) in [5, 5.41) is 21.2. The fraction of sp³-hybridized carbons (Fsp3) is 0.190. The molecule has 0 saturated carbocycles. The second-order valence-electron chi connectivity index (χ2n) is 7.18. The molecule has 0 aliphatic carbocycles. The summed E-state index contributed by atoms with van der Waals surface area (Å²) in [6, 6.07) is 13.5. The molecule has 0 spiro atoms. The highest BCUT2D eigenvalue weighted by molar-refractivity contribution is 6.04. The van der Waals surface area contributed by atoms with Crippen LogP contribution in [0.25, 0.3) is 11.0 Å². The lowest BCUT2D eigenvalue weighted by atomic mass is 10.0. The van der Waals surface area contributed by atoms with E-state index in [0.717, 1.165) is 5.56 Å². The van der Waals surface area contributed by atoms with Crippen LogP contribution in [0.4, 0.5) is 0 Å². The number of H-pyrrole nitrogens is 1. The summed E-state index contributed by atoms with van der Waals surface area (Å²) in [6.07, 6.45) is 2.12. The minimum Gasteiger partial charge on any atom is -0.476 e. The zero-order chi connectivity index (χ0) is 20.7. The summed E-state index contributed by atoms with van der Waals surface area (Å²) in [4.78, 5) is 30.7. The number of nitrogens with zero attached hydrogens (tertiary/aromatic N) is 5. The average Bonchev–Trinajstić information content (AvgIpc) is 3.36. The fourth-order valence-corrected chi connectivity index (χ4v) is 3.85. The van der Waals surface area contributed by atoms with Crippen molar-refractivity contribution in [2.75, 3.05) is 6.54 Å². The zero-order valence-corrected chi connectivity index (χ0v) is 15.9. The van der Waals surface area contributed by atoms with Gasteiger partial charge in [-0.1, -0.05) is 30.3 Å². The van der Waals surface area contributed by atoms with Gasteiger partial charge in [0.05, 0.1) is 24.2 Å². The molecule has 150 valence electrons. The Hall–Kier alpha value is -4.01. The average molecular weight is 402 g/mol. The fourth-order valence-electron chi connectivity index (χ4n) is 3.85. The van der Waals surface area contributed by atoms with E-state index in [1.165, 1.54) is 0 Å². The van der Waals surface area contributed by atoms with Crippen LogP contribution in [0, 0.1) is 0 Å². The Bertz CT molecular complexity index is 1260. The van der Waals surface area contributed by atoms with Gasteiger partial charge in [-0.3, -0.25) is 9.89 Å². The van der Waals surface area contributed by atoms with Gasteiger partial charge in [0.2, 0.25) is 0 Å². The summed E-state index contributed by atoms with van der Waals surface area (Å²) in [5.41, 5.74) is 3.39. The van der Waals surface area contributed by atoms with Crippen molar-refractivity contribution in [3.05, 3.63) is 76.9 Å². The van der Waals surface area contributed by atoms with Crippen molar-refractivity contribution in [3.63, 3.8) is 0 Å². The molecule has 0 radical (unpaired) electrons. The number of hydrogen-bond donors (Lipinski definition) is 2. The predicted octanol–water partition coefficient (Wildman–Crippen LogP) is 2.10. The molecule has 4 heterocycles. The van der Waals surface area contributed by atoms with Crippen LogP contribution in [-0.2, 0) is 19.5 Å². The zero-order valence-electron chi connectivity index (χ0n) is 15.9. The topological polar surface area (TPSA) is 117 Å². The molecule has 1 amide bonds. The molecule has 1 aliphatic rings. The number of carbonyl (C=O) groups is 2. The summed E-state index contributed by atoms with van der Waals surface area (Å²) < 4.78 is 1.74.